The first-order chi connectivity index (χ1) is 12.0. The number of aromatic nitrogens is 2. The number of amides is 1. The first-order valence-electron chi connectivity index (χ1n) is 7.77. The third-order valence-electron chi connectivity index (χ3n) is 3.94. The first-order valence-corrected chi connectivity index (χ1v) is 8.56. The molecule has 5 nitrogen and oxygen atoms in total. The predicted octanol–water partition coefficient (Wildman–Crippen LogP) is 4.51. The molecule has 0 saturated carbocycles. The van der Waals surface area contributed by atoms with E-state index >= 15 is 0 Å². The number of halogens is 1. The SMILES string of the molecule is COc1ccc(NC(=O)c2c(C)nn(-c3ccc(Br)cc3)c2C)cc1. The molecule has 0 atom stereocenters. The predicted molar refractivity (Wildman–Crippen MR) is 102 cm³/mol. The van der Waals surface area contributed by atoms with Gasteiger partial charge < -0.3 is 10.1 Å². The molecule has 0 saturated heterocycles. The van der Waals surface area contributed by atoms with Gasteiger partial charge in [-0.1, -0.05) is 15.9 Å². The van der Waals surface area contributed by atoms with E-state index in [0.29, 0.717) is 16.9 Å². The van der Waals surface area contributed by atoms with Crippen LogP contribution in [0, 0.1) is 13.8 Å². The van der Waals surface area contributed by atoms with Gasteiger partial charge in [0, 0.05) is 10.2 Å². The van der Waals surface area contributed by atoms with E-state index in [2.05, 4.69) is 26.3 Å². The summed E-state index contributed by atoms with van der Waals surface area (Å²) in [6.45, 7) is 3.73. The molecule has 0 unspecified atom stereocenters. The van der Waals surface area contributed by atoms with Crippen molar-refractivity contribution in [2.45, 2.75) is 13.8 Å². The lowest BCUT2D eigenvalue weighted by Crippen LogP contribution is -2.14. The number of benzene rings is 2. The van der Waals surface area contributed by atoms with Crippen molar-refractivity contribution in [1.29, 1.82) is 0 Å². The van der Waals surface area contributed by atoms with Crippen LogP contribution in [0.25, 0.3) is 5.69 Å². The Morgan fingerprint density at radius 3 is 2.32 bits per heavy atom. The second kappa shape index (κ2) is 7.11. The number of methoxy groups -OCH3 is 1. The quantitative estimate of drug-likeness (QED) is 0.701. The van der Waals surface area contributed by atoms with Crippen molar-refractivity contribution in [3.05, 3.63) is 70.0 Å². The average molecular weight is 400 g/mol. The second-order valence-electron chi connectivity index (χ2n) is 5.62. The standard InChI is InChI=1S/C19H18BrN3O2/c1-12-18(19(24)21-15-6-10-17(25-3)11-7-15)13(2)23(22-12)16-8-4-14(20)5-9-16/h4-11H,1-3H3,(H,21,24). The molecule has 1 amide bonds. The van der Waals surface area contributed by atoms with Crippen LogP contribution in [0.1, 0.15) is 21.7 Å². The summed E-state index contributed by atoms with van der Waals surface area (Å²) in [4.78, 5) is 12.7. The van der Waals surface area contributed by atoms with Crippen molar-refractivity contribution in [3.8, 4) is 11.4 Å². The van der Waals surface area contributed by atoms with Crippen LogP contribution < -0.4 is 10.1 Å². The van der Waals surface area contributed by atoms with Crippen molar-refractivity contribution in [3.63, 3.8) is 0 Å². The molecular formula is C19H18BrN3O2. The average Bonchev–Trinajstić information content (AvgIpc) is 2.91. The molecule has 0 fully saturated rings. The Labute approximate surface area is 154 Å². The van der Waals surface area contributed by atoms with Gasteiger partial charge in [0.25, 0.3) is 5.91 Å². The van der Waals surface area contributed by atoms with Gasteiger partial charge in [-0.25, -0.2) is 4.68 Å². The number of ether oxygens (including phenoxy) is 1. The van der Waals surface area contributed by atoms with Crippen LogP contribution in [0.5, 0.6) is 5.75 Å². The lowest BCUT2D eigenvalue weighted by Gasteiger charge is -2.08. The summed E-state index contributed by atoms with van der Waals surface area (Å²) in [5.41, 5.74) is 3.68. The highest BCUT2D eigenvalue weighted by Gasteiger charge is 2.19. The molecular weight excluding hydrogens is 382 g/mol. The Morgan fingerprint density at radius 2 is 1.72 bits per heavy atom. The molecule has 0 spiro atoms. The van der Waals surface area contributed by atoms with E-state index in [9.17, 15) is 4.79 Å². The van der Waals surface area contributed by atoms with Gasteiger partial charge in [0.05, 0.1) is 29.7 Å². The summed E-state index contributed by atoms with van der Waals surface area (Å²) < 4.78 is 7.91. The van der Waals surface area contributed by atoms with Crippen molar-refractivity contribution in [1.82, 2.24) is 9.78 Å². The van der Waals surface area contributed by atoms with Crippen LogP contribution in [0.3, 0.4) is 0 Å². The highest BCUT2D eigenvalue weighted by molar-refractivity contribution is 9.10. The van der Waals surface area contributed by atoms with Gasteiger partial charge in [0.15, 0.2) is 0 Å². The van der Waals surface area contributed by atoms with Gasteiger partial charge in [0.1, 0.15) is 5.75 Å². The zero-order chi connectivity index (χ0) is 18.0. The third-order valence-corrected chi connectivity index (χ3v) is 4.47. The number of hydrogen-bond donors (Lipinski definition) is 1. The number of rotatable bonds is 4. The zero-order valence-electron chi connectivity index (χ0n) is 14.2. The fraction of sp³-hybridized carbons (Fsp3) is 0.158. The zero-order valence-corrected chi connectivity index (χ0v) is 15.8. The molecule has 3 rings (SSSR count). The normalized spacial score (nSPS) is 10.6. The molecule has 3 aromatic rings. The summed E-state index contributed by atoms with van der Waals surface area (Å²) in [6.07, 6.45) is 0. The van der Waals surface area contributed by atoms with E-state index < -0.39 is 0 Å². The molecule has 0 radical (unpaired) electrons. The number of carbonyl (C=O) groups is 1. The Morgan fingerprint density at radius 1 is 1.08 bits per heavy atom. The molecule has 1 N–H and O–H groups in total. The first kappa shape index (κ1) is 17.2. The number of nitrogens with zero attached hydrogens (tertiary/aromatic N) is 2. The van der Waals surface area contributed by atoms with Crippen LogP contribution in [-0.4, -0.2) is 22.8 Å². The van der Waals surface area contributed by atoms with E-state index in [1.54, 1.807) is 36.1 Å². The van der Waals surface area contributed by atoms with Crippen LogP contribution in [0.15, 0.2) is 53.0 Å². The van der Waals surface area contributed by atoms with Crippen LogP contribution in [-0.2, 0) is 0 Å². The fourth-order valence-corrected chi connectivity index (χ4v) is 2.94. The molecule has 0 aliphatic rings. The van der Waals surface area contributed by atoms with Crippen LogP contribution in [0.2, 0.25) is 0 Å². The summed E-state index contributed by atoms with van der Waals surface area (Å²) >= 11 is 3.42. The van der Waals surface area contributed by atoms with Gasteiger partial charge in [-0.05, 0) is 62.4 Å². The largest absolute Gasteiger partial charge is 0.497 e. The maximum absolute atomic E-state index is 12.7. The Balaban J connectivity index is 1.88. The van der Waals surface area contributed by atoms with Gasteiger partial charge in [-0.3, -0.25) is 4.79 Å². The molecule has 0 aliphatic heterocycles. The molecule has 0 bridgehead atoms. The van der Waals surface area contributed by atoms with Gasteiger partial charge in [-0.15, -0.1) is 0 Å². The lowest BCUT2D eigenvalue weighted by atomic mass is 10.1. The van der Waals surface area contributed by atoms with Gasteiger partial charge in [0.2, 0.25) is 0 Å². The van der Waals surface area contributed by atoms with E-state index in [4.69, 9.17) is 4.74 Å². The topological polar surface area (TPSA) is 56.1 Å². The van der Waals surface area contributed by atoms with Gasteiger partial charge in [-0.2, -0.15) is 5.10 Å². The van der Waals surface area contributed by atoms with Crippen molar-refractivity contribution in [2.24, 2.45) is 0 Å². The Bertz CT molecular complexity index is 900. The Kier molecular flexibility index (Phi) is 4.90. The molecule has 2 aromatic carbocycles. The molecule has 1 aromatic heterocycles. The van der Waals surface area contributed by atoms with Crippen molar-refractivity contribution < 1.29 is 9.53 Å². The summed E-state index contributed by atoms with van der Waals surface area (Å²) in [7, 11) is 1.61. The summed E-state index contributed by atoms with van der Waals surface area (Å²) in [5.74, 6) is 0.567. The summed E-state index contributed by atoms with van der Waals surface area (Å²) in [5, 5.41) is 7.43. The van der Waals surface area contributed by atoms with Gasteiger partial charge >= 0.3 is 0 Å². The number of hydrogen-bond acceptors (Lipinski definition) is 3. The monoisotopic (exact) mass is 399 g/mol. The highest BCUT2D eigenvalue weighted by atomic mass is 79.9. The molecule has 1 heterocycles. The van der Waals surface area contributed by atoms with Crippen molar-refractivity contribution in [2.75, 3.05) is 12.4 Å². The fourth-order valence-electron chi connectivity index (χ4n) is 2.67. The Hall–Kier alpha value is -2.60. The third kappa shape index (κ3) is 3.58. The van der Waals surface area contributed by atoms with E-state index in [1.807, 2.05) is 38.1 Å². The minimum absolute atomic E-state index is 0.177. The lowest BCUT2D eigenvalue weighted by molar-refractivity contribution is 0.102. The van der Waals surface area contributed by atoms with E-state index in [0.717, 1.165) is 21.6 Å². The summed E-state index contributed by atoms with van der Waals surface area (Å²) in [6, 6.07) is 15.0. The number of aryl methyl sites for hydroxylation is 1. The molecule has 0 aliphatic carbocycles. The molecule has 25 heavy (non-hydrogen) atoms. The van der Waals surface area contributed by atoms with Crippen LogP contribution in [0.4, 0.5) is 5.69 Å². The van der Waals surface area contributed by atoms with E-state index in [-0.39, 0.29) is 5.91 Å². The minimum atomic E-state index is -0.177. The molecule has 6 heteroatoms. The number of carbonyl (C=O) groups excluding carboxylic acids is 1. The second-order valence-corrected chi connectivity index (χ2v) is 6.53. The number of nitrogens with one attached hydrogen (secondary N) is 1. The minimum Gasteiger partial charge on any atom is -0.497 e. The van der Waals surface area contributed by atoms with E-state index in [1.165, 1.54) is 0 Å². The highest BCUT2D eigenvalue weighted by Crippen LogP contribution is 2.22. The molecule has 128 valence electrons. The van der Waals surface area contributed by atoms with Crippen LogP contribution >= 0.6 is 15.9 Å². The van der Waals surface area contributed by atoms with Crippen molar-refractivity contribution >= 4 is 27.5 Å². The maximum atomic E-state index is 12.7. The number of anilines is 1. The maximum Gasteiger partial charge on any atom is 0.259 e. The smallest absolute Gasteiger partial charge is 0.259 e.